The fourth-order valence-electron chi connectivity index (χ4n) is 2.09. The molecule has 1 unspecified atom stereocenters. The molecule has 19 heavy (non-hydrogen) atoms. The third kappa shape index (κ3) is 3.80. The first-order valence-corrected chi connectivity index (χ1v) is 6.76. The summed E-state index contributed by atoms with van der Waals surface area (Å²) in [6.07, 6.45) is 0. The van der Waals surface area contributed by atoms with Crippen LogP contribution in [0.4, 0.5) is 0 Å². The van der Waals surface area contributed by atoms with Crippen LogP contribution in [0, 0.1) is 0 Å². The van der Waals surface area contributed by atoms with Gasteiger partial charge < -0.3 is 10.4 Å². The number of rotatable bonds is 5. The molecule has 0 saturated heterocycles. The lowest BCUT2D eigenvalue weighted by atomic mass is 10.0. The SMILES string of the molecule is CC(N[C@@H](CO)c1ccccc1)c1ccc(Cl)cc1. The Labute approximate surface area is 119 Å². The van der Waals surface area contributed by atoms with Crippen molar-refractivity contribution in [2.45, 2.75) is 19.0 Å². The van der Waals surface area contributed by atoms with Crippen LogP contribution in [0.3, 0.4) is 0 Å². The van der Waals surface area contributed by atoms with Gasteiger partial charge in [-0.3, -0.25) is 0 Å². The van der Waals surface area contributed by atoms with Crippen molar-refractivity contribution in [2.75, 3.05) is 6.61 Å². The van der Waals surface area contributed by atoms with Gasteiger partial charge in [0, 0.05) is 11.1 Å². The second-order valence-electron chi connectivity index (χ2n) is 4.59. The number of aliphatic hydroxyl groups is 1. The summed E-state index contributed by atoms with van der Waals surface area (Å²) in [4.78, 5) is 0. The molecule has 3 heteroatoms. The first-order chi connectivity index (χ1) is 9.20. The summed E-state index contributed by atoms with van der Waals surface area (Å²) in [7, 11) is 0. The van der Waals surface area contributed by atoms with Gasteiger partial charge in [-0.2, -0.15) is 0 Å². The van der Waals surface area contributed by atoms with Crippen molar-refractivity contribution < 1.29 is 5.11 Å². The number of hydrogen-bond acceptors (Lipinski definition) is 2. The van der Waals surface area contributed by atoms with Crippen molar-refractivity contribution in [1.82, 2.24) is 5.32 Å². The highest BCUT2D eigenvalue weighted by Crippen LogP contribution is 2.20. The summed E-state index contributed by atoms with van der Waals surface area (Å²) in [5, 5.41) is 13.7. The van der Waals surface area contributed by atoms with Crippen LogP contribution < -0.4 is 5.32 Å². The summed E-state index contributed by atoms with van der Waals surface area (Å²) < 4.78 is 0. The zero-order valence-electron chi connectivity index (χ0n) is 10.9. The Bertz CT molecular complexity index is 498. The molecule has 0 saturated carbocycles. The minimum atomic E-state index is -0.0631. The van der Waals surface area contributed by atoms with Crippen molar-refractivity contribution >= 4 is 11.6 Å². The van der Waals surface area contributed by atoms with E-state index in [0.717, 1.165) is 16.1 Å². The zero-order chi connectivity index (χ0) is 13.7. The Morgan fingerprint density at radius 3 is 2.21 bits per heavy atom. The van der Waals surface area contributed by atoms with Crippen molar-refractivity contribution in [3.8, 4) is 0 Å². The molecule has 2 atom stereocenters. The first-order valence-electron chi connectivity index (χ1n) is 6.38. The second-order valence-corrected chi connectivity index (χ2v) is 5.02. The van der Waals surface area contributed by atoms with E-state index in [9.17, 15) is 5.11 Å². The number of aliphatic hydroxyl groups excluding tert-OH is 1. The van der Waals surface area contributed by atoms with Gasteiger partial charge in [-0.15, -0.1) is 0 Å². The molecular weight excluding hydrogens is 258 g/mol. The van der Waals surface area contributed by atoms with Gasteiger partial charge >= 0.3 is 0 Å². The highest BCUT2D eigenvalue weighted by atomic mass is 35.5. The smallest absolute Gasteiger partial charge is 0.0626 e. The number of halogens is 1. The van der Waals surface area contributed by atoms with E-state index in [1.54, 1.807) is 0 Å². The number of benzene rings is 2. The van der Waals surface area contributed by atoms with Gasteiger partial charge in [0.1, 0.15) is 0 Å². The first kappa shape index (κ1) is 14.1. The highest BCUT2D eigenvalue weighted by molar-refractivity contribution is 6.30. The Morgan fingerprint density at radius 1 is 1.00 bits per heavy atom. The summed E-state index contributed by atoms with van der Waals surface area (Å²) in [6.45, 7) is 2.15. The average Bonchev–Trinajstić information content (AvgIpc) is 2.46. The van der Waals surface area contributed by atoms with Crippen LogP contribution in [-0.2, 0) is 0 Å². The Kier molecular flexibility index (Phi) is 4.97. The Hall–Kier alpha value is -1.35. The predicted molar refractivity (Wildman–Crippen MR) is 79.3 cm³/mol. The van der Waals surface area contributed by atoms with Crippen LogP contribution in [0.1, 0.15) is 30.1 Å². The summed E-state index contributed by atoms with van der Waals surface area (Å²) in [6, 6.07) is 17.8. The maximum atomic E-state index is 9.54. The van der Waals surface area contributed by atoms with Gasteiger partial charge in [0.25, 0.3) is 0 Å². The predicted octanol–water partition coefficient (Wildman–Crippen LogP) is 3.72. The molecule has 2 aromatic carbocycles. The average molecular weight is 276 g/mol. The lowest BCUT2D eigenvalue weighted by Crippen LogP contribution is -2.27. The fraction of sp³-hybridized carbons (Fsp3) is 0.250. The molecule has 2 rings (SSSR count). The molecule has 0 aromatic heterocycles. The van der Waals surface area contributed by atoms with Gasteiger partial charge in [0.2, 0.25) is 0 Å². The van der Waals surface area contributed by atoms with E-state index in [4.69, 9.17) is 11.6 Å². The van der Waals surface area contributed by atoms with E-state index in [2.05, 4.69) is 12.2 Å². The molecule has 0 radical (unpaired) electrons. The van der Waals surface area contributed by atoms with Gasteiger partial charge in [0.05, 0.1) is 12.6 Å². The van der Waals surface area contributed by atoms with Crippen LogP contribution in [0.2, 0.25) is 5.02 Å². The minimum Gasteiger partial charge on any atom is -0.394 e. The van der Waals surface area contributed by atoms with E-state index >= 15 is 0 Å². The normalized spacial score (nSPS) is 14.1. The molecule has 0 amide bonds. The van der Waals surface area contributed by atoms with Crippen LogP contribution in [0.25, 0.3) is 0 Å². The lowest BCUT2D eigenvalue weighted by molar-refractivity contribution is 0.235. The Morgan fingerprint density at radius 2 is 1.63 bits per heavy atom. The molecule has 100 valence electrons. The van der Waals surface area contributed by atoms with Gasteiger partial charge in [-0.25, -0.2) is 0 Å². The zero-order valence-corrected chi connectivity index (χ0v) is 11.6. The van der Waals surface area contributed by atoms with Crippen molar-refractivity contribution in [3.05, 3.63) is 70.7 Å². The monoisotopic (exact) mass is 275 g/mol. The maximum Gasteiger partial charge on any atom is 0.0626 e. The minimum absolute atomic E-state index is 0.0631. The molecule has 0 aliphatic carbocycles. The lowest BCUT2D eigenvalue weighted by Gasteiger charge is -2.22. The molecule has 2 nitrogen and oxygen atoms in total. The summed E-state index contributed by atoms with van der Waals surface area (Å²) in [5.41, 5.74) is 2.24. The van der Waals surface area contributed by atoms with E-state index in [1.807, 2.05) is 54.6 Å². The summed E-state index contributed by atoms with van der Waals surface area (Å²) >= 11 is 5.88. The van der Waals surface area contributed by atoms with Gasteiger partial charge in [0.15, 0.2) is 0 Å². The van der Waals surface area contributed by atoms with Gasteiger partial charge in [-0.1, -0.05) is 54.1 Å². The standard InChI is InChI=1S/C16H18ClNO/c1-12(13-7-9-15(17)10-8-13)18-16(11-19)14-5-3-2-4-6-14/h2-10,12,16,18-19H,11H2,1H3/t12?,16-/m0/s1. The van der Waals surface area contributed by atoms with E-state index in [-0.39, 0.29) is 18.7 Å². The molecule has 0 spiro atoms. The van der Waals surface area contributed by atoms with Crippen molar-refractivity contribution in [3.63, 3.8) is 0 Å². The van der Waals surface area contributed by atoms with Crippen LogP contribution >= 0.6 is 11.6 Å². The molecular formula is C16H18ClNO. The van der Waals surface area contributed by atoms with Gasteiger partial charge in [-0.05, 0) is 30.2 Å². The van der Waals surface area contributed by atoms with Crippen LogP contribution in [0.15, 0.2) is 54.6 Å². The van der Waals surface area contributed by atoms with E-state index in [1.165, 1.54) is 0 Å². The van der Waals surface area contributed by atoms with E-state index < -0.39 is 0 Å². The molecule has 0 aliphatic heterocycles. The Balaban J connectivity index is 2.08. The number of nitrogens with one attached hydrogen (secondary N) is 1. The van der Waals surface area contributed by atoms with Crippen molar-refractivity contribution in [2.24, 2.45) is 0 Å². The molecule has 0 heterocycles. The highest BCUT2D eigenvalue weighted by Gasteiger charge is 2.14. The largest absolute Gasteiger partial charge is 0.394 e. The third-order valence-corrected chi connectivity index (χ3v) is 3.46. The fourth-order valence-corrected chi connectivity index (χ4v) is 2.22. The number of hydrogen-bond donors (Lipinski definition) is 2. The van der Waals surface area contributed by atoms with Crippen LogP contribution in [-0.4, -0.2) is 11.7 Å². The van der Waals surface area contributed by atoms with Crippen LogP contribution in [0.5, 0.6) is 0 Å². The maximum absolute atomic E-state index is 9.54. The second kappa shape index (κ2) is 6.71. The molecule has 0 aliphatic rings. The summed E-state index contributed by atoms with van der Waals surface area (Å²) in [5.74, 6) is 0. The molecule has 0 fully saturated rings. The van der Waals surface area contributed by atoms with Crippen molar-refractivity contribution in [1.29, 1.82) is 0 Å². The molecule has 2 aromatic rings. The quantitative estimate of drug-likeness (QED) is 0.872. The molecule has 2 N–H and O–H groups in total. The third-order valence-electron chi connectivity index (χ3n) is 3.21. The topological polar surface area (TPSA) is 32.3 Å². The molecule has 0 bridgehead atoms. The van der Waals surface area contributed by atoms with E-state index in [0.29, 0.717) is 0 Å².